The van der Waals surface area contributed by atoms with E-state index in [0.717, 1.165) is 5.56 Å². The van der Waals surface area contributed by atoms with E-state index in [1.54, 1.807) is 31.2 Å². The van der Waals surface area contributed by atoms with Crippen molar-refractivity contribution < 1.29 is 19.1 Å². The van der Waals surface area contributed by atoms with Crippen molar-refractivity contribution in [2.75, 3.05) is 11.9 Å². The molecule has 9 nitrogen and oxygen atoms in total. The third kappa shape index (κ3) is 5.42. The number of benzene rings is 2. The molecule has 10 heteroatoms. The molecule has 0 saturated carbocycles. The highest BCUT2D eigenvalue weighted by Gasteiger charge is 2.12. The zero-order chi connectivity index (χ0) is 23.4. The van der Waals surface area contributed by atoms with Gasteiger partial charge in [-0.3, -0.25) is 9.59 Å². The standard InChI is InChI=1S/C23H20N4O5S/c1-14-6-3-4-9-19(14)31-13-20(28)24-17-8-5-7-16(10-17)22(30)32-12-18-11-21(29)27-23(25-18)33-15(2)26-27/h3-11H,12-13H2,1-2H3,(H,24,28). The van der Waals surface area contributed by atoms with Gasteiger partial charge in [-0.2, -0.15) is 9.61 Å². The fourth-order valence-electron chi connectivity index (χ4n) is 3.03. The maximum Gasteiger partial charge on any atom is 0.338 e. The molecule has 2 heterocycles. The molecule has 4 rings (SSSR count). The van der Waals surface area contributed by atoms with Crippen LogP contribution in [0.25, 0.3) is 4.96 Å². The molecular formula is C23H20N4O5S. The summed E-state index contributed by atoms with van der Waals surface area (Å²) >= 11 is 1.27. The van der Waals surface area contributed by atoms with Crippen LogP contribution in [0.3, 0.4) is 0 Å². The van der Waals surface area contributed by atoms with Crippen LogP contribution in [0.5, 0.6) is 5.75 Å². The number of aromatic nitrogens is 3. The second-order valence-corrected chi connectivity index (χ2v) is 8.32. The molecule has 168 valence electrons. The highest BCUT2D eigenvalue weighted by Crippen LogP contribution is 2.17. The molecule has 1 N–H and O–H groups in total. The minimum absolute atomic E-state index is 0.164. The Bertz CT molecular complexity index is 1400. The Balaban J connectivity index is 1.36. The number of anilines is 1. The number of carbonyl (C=O) groups excluding carboxylic acids is 2. The number of esters is 1. The van der Waals surface area contributed by atoms with Gasteiger partial charge in [0.2, 0.25) is 4.96 Å². The van der Waals surface area contributed by atoms with E-state index in [-0.39, 0.29) is 30.2 Å². The molecule has 0 radical (unpaired) electrons. The van der Waals surface area contributed by atoms with Gasteiger partial charge >= 0.3 is 5.97 Å². The number of para-hydroxylation sites is 1. The van der Waals surface area contributed by atoms with Crippen LogP contribution in [0.1, 0.15) is 26.6 Å². The van der Waals surface area contributed by atoms with Crippen LogP contribution in [0.15, 0.2) is 59.4 Å². The van der Waals surface area contributed by atoms with Gasteiger partial charge < -0.3 is 14.8 Å². The second kappa shape index (κ2) is 9.61. The molecule has 0 aliphatic heterocycles. The SMILES string of the molecule is Cc1nn2c(=O)cc(COC(=O)c3cccc(NC(=O)COc4ccccc4C)c3)nc2s1. The Kier molecular flexibility index (Phi) is 6.45. The first kappa shape index (κ1) is 22.2. The summed E-state index contributed by atoms with van der Waals surface area (Å²) in [5.41, 5.74) is 1.60. The number of carbonyl (C=O) groups is 2. The second-order valence-electron chi connectivity index (χ2n) is 7.16. The number of ether oxygens (including phenoxy) is 2. The van der Waals surface area contributed by atoms with Crippen molar-refractivity contribution in [1.29, 1.82) is 0 Å². The molecule has 0 spiro atoms. The number of hydrogen-bond donors (Lipinski definition) is 1. The summed E-state index contributed by atoms with van der Waals surface area (Å²) in [6, 6.07) is 15.0. The maximum atomic E-state index is 12.5. The molecule has 0 bridgehead atoms. The number of hydrogen-bond acceptors (Lipinski definition) is 8. The van der Waals surface area contributed by atoms with Crippen LogP contribution in [-0.4, -0.2) is 33.1 Å². The first-order chi connectivity index (χ1) is 15.9. The summed E-state index contributed by atoms with van der Waals surface area (Å²) in [7, 11) is 0. The Labute approximate surface area is 192 Å². The Morgan fingerprint density at radius 3 is 2.73 bits per heavy atom. The smallest absolute Gasteiger partial charge is 0.338 e. The summed E-state index contributed by atoms with van der Waals surface area (Å²) in [6.07, 6.45) is 0. The summed E-state index contributed by atoms with van der Waals surface area (Å²) in [6.45, 7) is 3.34. The third-order valence-electron chi connectivity index (χ3n) is 4.58. The molecule has 0 atom stereocenters. The van der Waals surface area contributed by atoms with E-state index in [4.69, 9.17) is 9.47 Å². The lowest BCUT2D eigenvalue weighted by Crippen LogP contribution is -2.20. The maximum absolute atomic E-state index is 12.5. The predicted molar refractivity (Wildman–Crippen MR) is 123 cm³/mol. The van der Waals surface area contributed by atoms with E-state index in [9.17, 15) is 14.4 Å². The summed E-state index contributed by atoms with van der Waals surface area (Å²) in [4.78, 5) is 41.6. The normalized spacial score (nSPS) is 10.7. The van der Waals surface area contributed by atoms with Gasteiger partial charge in [0, 0.05) is 11.8 Å². The van der Waals surface area contributed by atoms with Crippen LogP contribution >= 0.6 is 11.3 Å². The predicted octanol–water partition coefficient (Wildman–Crippen LogP) is 3.14. The first-order valence-electron chi connectivity index (χ1n) is 10.0. The topological polar surface area (TPSA) is 112 Å². The van der Waals surface area contributed by atoms with Crippen LogP contribution < -0.4 is 15.6 Å². The molecule has 0 fully saturated rings. The zero-order valence-electron chi connectivity index (χ0n) is 17.9. The zero-order valence-corrected chi connectivity index (χ0v) is 18.7. The average Bonchev–Trinajstić information content (AvgIpc) is 3.18. The number of aryl methyl sites for hydroxylation is 2. The highest BCUT2D eigenvalue weighted by atomic mass is 32.1. The Morgan fingerprint density at radius 1 is 1.09 bits per heavy atom. The average molecular weight is 465 g/mol. The van der Waals surface area contributed by atoms with Crippen LogP contribution in [0.2, 0.25) is 0 Å². The van der Waals surface area contributed by atoms with E-state index in [2.05, 4.69) is 15.4 Å². The van der Waals surface area contributed by atoms with Gasteiger partial charge in [0.1, 0.15) is 17.4 Å². The fraction of sp³-hybridized carbons (Fsp3) is 0.174. The van der Waals surface area contributed by atoms with Crippen molar-refractivity contribution >= 4 is 33.9 Å². The first-order valence-corrected chi connectivity index (χ1v) is 10.8. The van der Waals surface area contributed by atoms with Gasteiger partial charge in [-0.05, 0) is 43.7 Å². The molecule has 2 aromatic carbocycles. The highest BCUT2D eigenvalue weighted by molar-refractivity contribution is 7.16. The minimum atomic E-state index is -0.607. The number of nitrogens with one attached hydrogen (secondary N) is 1. The van der Waals surface area contributed by atoms with E-state index < -0.39 is 5.97 Å². The lowest BCUT2D eigenvalue weighted by atomic mass is 10.2. The van der Waals surface area contributed by atoms with E-state index >= 15 is 0 Å². The Hall–Kier alpha value is -4.05. The molecule has 4 aromatic rings. The van der Waals surface area contributed by atoms with Crippen molar-refractivity contribution in [3.63, 3.8) is 0 Å². The van der Waals surface area contributed by atoms with E-state index in [0.29, 0.717) is 27.1 Å². The summed E-state index contributed by atoms with van der Waals surface area (Å²) < 4.78 is 12.0. The van der Waals surface area contributed by atoms with Gasteiger partial charge in [-0.25, -0.2) is 9.78 Å². The van der Waals surface area contributed by atoms with Crippen LogP contribution in [0.4, 0.5) is 5.69 Å². The van der Waals surface area contributed by atoms with Gasteiger partial charge in [-0.15, -0.1) is 0 Å². The quantitative estimate of drug-likeness (QED) is 0.418. The fourth-order valence-corrected chi connectivity index (χ4v) is 3.80. The summed E-state index contributed by atoms with van der Waals surface area (Å²) in [5, 5.41) is 7.48. The molecule has 33 heavy (non-hydrogen) atoms. The van der Waals surface area contributed by atoms with Crippen LogP contribution in [-0.2, 0) is 16.1 Å². The lowest BCUT2D eigenvalue weighted by Gasteiger charge is -2.10. The largest absolute Gasteiger partial charge is 0.483 e. The minimum Gasteiger partial charge on any atom is -0.483 e. The number of amides is 1. The molecule has 0 unspecified atom stereocenters. The molecule has 0 aliphatic rings. The van der Waals surface area contributed by atoms with Gasteiger partial charge in [0.05, 0.1) is 11.3 Å². The number of rotatable bonds is 7. The molecular weight excluding hydrogens is 444 g/mol. The summed E-state index contributed by atoms with van der Waals surface area (Å²) in [5.74, 6) is -0.337. The third-order valence-corrected chi connectivity index (χ3v) is 5.41. The van der Waals surface area contributed by atoms with E-state index in [1.165, 1.54) is 28.0 Å². The van der Waals surface area contributed by atoms with Crippen molar-refractivity contribution in [3.8, 4) is 5.75 Å². The monoisotopic (exact) mass is 464 g/mol. The number of fused-ring (bicyclic) bond motifs is 1. The van der Waals surface area contributed by atoms with Gasteiger partial charge in [-0.1, -0.05) is 35.6 Å². The van der Waals surface area contributed by atoms with Crippen molar-refractivity contribution in [3.05, 3.63) is 86.8 Å². The van der Waals surface area contributed by atoms with E-state index in [1.807, 2.05) is 25.1 Å². The van der Waals surface area contributed by atoms with Crippen LogP contribution in [0, 0.1) is 13.8 Å². The van der Waals surface area contributed by atoms with Crippen molar-refractivity contribution in [1.82, 2.24) is 14.6 Å². The molecule has 2 aromatic heterocycles. The van der Waals surface area contributed by atoms with Crippen molar-refractivity contribution in [2.24, 2.45) is 0 Å². The van der Waals surface area contributed by atoms with Gasteiger partial charge in [0.25, 0.3) is 11.5 Å². The number of nitrogens with zero attached hydrogens (tertiary/aromatic N) is 3. The van der Waals surface area contributed by atoms with Gasteiger partial charge in [0.15, 0.2) is 6.61 Å². The Morgan fingerprint density at radius 2 is 1.91 bits per heavy atom. The van der Waals surface area contributed by atoms with Crippen molar-refractivity contribution in [2.45, 2.75) is 20.5 Å². The molecule has 1 amide bonds. The molecule has 0 saturated heterocycles. The molecule has 0 aliphatic carbocycles. The lowest BCUT2D eigenvalue weighted by molar-refractivity contribution is -0.118.